The Balaban J connectivity index is 3.14. The quantitative estimate of drug-likeness (QED) is 0.780. The van der Waals surface area contributed by atoms with Gasteiger partial charge in [0.25, 0.3) is 5.91 Å². The molecule has 4 heteroatoms. The second-order valence-electron chi connectivity index (χ2n) is 3.34. The highest BCUT2D eigenvalue weighted by Crippen LogP contribution is 2.22. The molecule has 0 saturated carbocycles. The fourth-order valence-corrected chi connectivity index (χ4v) is 1.30. The van der Waals surface area contributed by atoms with E-state index in [-0.39, 0.29) is 6.04 Å². The first-order valence-electron chi connectivity index (χ1n) is 4.88. The van der Waals surface area contributed by atoms with Gasteiger partial charge in [0.05, 0.1) is 12.2 Å². The first kappa shape index (κ1) is 11.5. The Morgan fingerprint density at radius 3 is 2.67 bits per heavy atom. The Morgan fingerprint density at radius 1 is 1.53 bits per heavy atom. The Kier molecular flexibility index (Phi) is 3.68. The molecule has 0 fully saturated rings. The van der Waals surface area contributed by atoms with Crippen molar-refractivity contribution in [1.82, 2.24) is 0 Å². The van der Waals surface area contributed by atoms with E-state index < -0.39 is 5.91 Å². The van der Waals surface area contributed by atoms with Gasteiger partial charge in [0.2, 0.25) is 0 Å². The molecule has 0 heterocycles. The number of amides is 1. The summed E-state index contributed by atoms with van der Waals surface area (Å²) in [5.41, 5.74) is 12.2. The van der Waals surface area contributed by atoms with Gasteiger partial charge in [-0.3, -0.25) is 4.79 Å². The van der Waals surface area contributed by atoms with Crippen LogP contribution < -0.4 is 16.2 Å². The fraction of sp³-hybridized carbons (Fsp3) is 0.364. The van der Waals surface area contributed by atoms with E-state index in [0.717, 1.165) is 5.56 Å². The smallest absolute Gasteiger partial charge is 0.252 e. The summed E-state index contributed by atoms with van der Waals surface area (Å²) in [6.07, 6.45) is 0. The van der Waals surface area contributed by atoms with Crippen LogP contribution in [0.2, 0.25) is 0 Å². The molecule has 1 atom stereocenters. The molecule has 1 aromatic carbocycles. The molecule has 4 N–H and O–H groups in total. The van der Waals surface area contributed by atoms with Gasteiger partial charge in [-0.25, -0.2) is 0 Å². The van der Waals surface area contributed by atoms with Crippen LogP contribution in [0, 0.1) is 0 Å². The number of benzene rings is 1. The predicted molar refractivity (Wildman–Crippen MR) is 58.7 cm³/mol. The van der Waals surface area contributed by atoms with Gasteiger partial charge in [-0.15, -0.1) is 0 Å². The van der Waals surface area contributed by atoms with Gasteiger partial charge >= 0.3 is 0 Å². The average Bonchev–Trinajstić information content (AvgIpc) is 2.18. The van der Waals surface area contributed by atoms with E-state index in [1.165, 1.54) is 0 Å². The summed E-state index contributed by atoms with van der Waals surface area (Å²) in [6.45, 7) is 4.20. The standard InChI is InChI=1S/C11H16N2O2/c1-3-15-10-5-4-8(7(2)12)6-9(10)11(13)14/h4-7H,3,12H2,1-2H3,(H2,13,14). The lowest BCUT2D eigenvalue weighted by atomic mass is 10.0. The summed E-state index contributed by atoms with van der Waals surface area (Å²) in [7, 11) is 0. The van der Waals surface area contributed by atoms with Crippen LogP contribution in [0.3, 0.4) is 0 Å². The Hall–Kier alpha value is -1.55. The van der Waals surface area contributed by atoms with Gasteiger partial charge in [-0.05, 0) is 31.5 Å². The molecule has 15 heavy (non-hydrogen) atoms. The van der Waals surface area contributed by atoms with Crippen molar-refractivity contribution in [2.45, 2.75) is 19.9 Å². The highest BCUT2D eigenvalue weighted by Gasteiger charge is 2.11. The van der Waals surface area contributed by atoms with E-state index in [4.69, 9.17) is 16.2 Å². The Morgan fingerprint density at radius 2 is 2.20 bits per heavy atom. The van der Waals surface area contributed by atoms with E-state index in [0.29, 0.717) is 17.9 Å². The van der Waals surface area contributed by atoms with Crippen molar-refractivity contribution in [3.8, 4) is 5.75 Å². The molecular formula is C11H16N2O2. The van der Waals surface area contributed by atoms with Crippen molar-refractivity contribution in [2.24, 2.45) is 11.5 Å². The zero-order valence-corrected chi connectivity index (χ0v) is 8.99. The van der Waals surface area contributed by atoms with Crippen molar-refractivity contribution >= 4 is 5.91 Å². The number of hydrogen-bond donors (Lipinski definition) is 2. The Labute approximate surface area is 89.2 Å². The van der Waals surface area contributed by atoms with E-state index in [1.807, 2.05) is 19.9 Å². The third-order valence-electron chi connectivity index (χ3n) is 2.09. The molecule has 0 aliphatic rings. The van der Waals surface area contributed by atoms with Crippen LogP contribution in [0.1, 0.15) is 35.8 Å². The van der Waals surface area contributed by atoms with E-state index in [2.05, 4.69) is 0 Å². The van der Waals surface area contributed by atoms with Gasteiger partial charge in [-0.2, -0.15) is 0 Å². The minimum atomic E-state index is -0.499. The normalized spacial score (nSPS) is 12.2. The second kappa shape index (κ2) is 4.79. The summed E-state index contributed by atoms with van der Waals surface area (Å²) < 4.78 is 5.29. The molecule has 4 nitrogen and oxygen atoms in total. The van der Waals surface area contributed by atoms with E-state index >= 15 is 0 Å². The fourth-order valence-electron chi connectivity index (χ4n) is 1.30. The first-order valence-corrected chi connectivity index (χ1v) is 4.88. The minimum absolute atomic E-state index is 0.126. The molecule has 0 saturated heterocycles. The lowest BCUT2D eigenvalue weighted by Crippen LogP contribution is -2.15. The van der Waals surface area contributed by atoms with Crippen LogP contribution >= 0.6 is 0 Å². The predicted octanol–water partition coefficient (Wildman–Crippen LogP) is 1.20. The SMILES string of the molecule is CCOc1ccc(C(C)N)cc1C(N)=O. The first-order chi connectivity index (χ1) is 7.06. The maximum Gasteiger partial charge on any atom is 0.252 e. The average molecular weight is 208 g/mol. The lowest BCUT2D eigenvalue weighted by Gasteiger charge is -2.11. The van der Waals surface area contributed by atoms with Gasteiger partial charge in [-0.1, -0.05) is 6.07 Å². The summed E-state index contributed by atoms with van der Waals surface area (Å²) in [5, 5.41) is 0. The second-order valence-corrected chi connectivity index (χ2v) is 3.34. The highest BCUT2D eigenvalue weighted by atomic mass is 16.5. The van der Waals surface area contributed by atoms with Crippen molar-refractivity contribution in [3.63, 3.8) is 0 Å². The van der Waals surface area contributed by atoms with Crippen LogP contribution in [0.5, 0.6) is 5.75 Å². The summed E-state index contributed by atoms with van der Waals surface area (Å²) >= 11 is 0. The van der Waals surface area contributed by atoms with Crippen LogP contribution in [0.25, 0.3) is 0 Å². The van der Waals surface area contributed by atoms with Crippen molar-refractivity contribution in [2.75, 3.05) is 6.61 Å². The lowest BCUT2D eigenvalue weighted by molar-refractivity contribution is 0.0996. The molecule has 0 radical (unpaired) electrons. The van der Waals surface area contributed by atoms with Crippen molar-refractivity contribution in [1.29, 1.82) is 0 Å². The molecule has 1 aromatic rings. The summed E-state index contributed by atoms with van der Waals surface area (Å²) in [5.74, 6) is 0.00958. The molecule has 0 spiro atoms. The minimum Gasteiger partial charge on any atom is -0.493 e. The summed E-state index contributed by atoms with van der Waals surface area (Å²) in [6, 6.07) is 5.11. The van der Waals surface area contributed by atoms with Crippen LogP contribution in [-0.2, 0) is 0 Å². The number of nitrogens with two attached hydrogens (primary N) is 2. The molecule has 0 aliphatic heterocycles. The topological polar surface area (TPSA) is 78.3 Å². The summed E-state index contributed by atoms with van der Waals surface area (Å²) in [4.78, 5) is 11.2. The molecular weight excluding hydrogens is 192 g/mol. The maximum atomic E-state index is 11.2. The van der Waals surface area contributed by atoms with E-state index in [1.54, 1.807) is 12.1 Å². The molecule has 82 valence electrons. The number of carbonyl (C=O) groups excluding carboxylic acids is 1. The number of primary amides is 1. The molecule has 1 rings (SSSR count). The third-order valence-corrected chi connectivity index (χ3v) is 2.09. The monoisotopic (exact) mass is 208 g/mol. The number of carbonyl (C=O) groups is 1. The van der Waals surface area contributed by atoms with Gasteiger partial charge in [0, 0.05) is 6.04 Å². The van der Waals surface area contributed by atoms with Gasteiger partial charge in [0.15, 0.2) is 0 Å². The van der Waals surface area contributed by atoms with Crippen molar-refractivity contribution < 1.29 is 9.53 Å². The number of hydrogen-bond acceptors (Lipinski definition) is 3. The largest absolute Gasteiger partial charge is 0.493 e. The maximum absolute atomic E-state index is 11.2. The zero-order valence-electron chi connectivity index (χ0n) is 8.99. The highest BCUT2D eigenvalue weighted by molar-refractivity contribution is 5.95. The number of ether oxygens (including phenoxy) is 1. The molecule has 1 amide bonds. The van der Waals surface area contributed by atoms with Crippen molar-refractivity contribution in [3.05, 3.63) is 29.3 Å². The van der Waals surface area contributed by atoms with E-state index in [9.17, 15) is 4.79 Å². The zero-order chi connectivity index (χ0) is 11.4. The molecule has 0 aliphatic carbocycles. The van der Waals surface area contributed by atoms with Gasteiger partial charge < -0.3 is 16.2 Å². The molecule has 0 bridgehead atoms. The Bertz CT molecular complexity index is 362. The van der Waals surface area contributed by atoms with Crippen LogP contribution in [0.15, 0.2) is 18.2 Å². The number of rotatable bonds is 4. The van der Waals surface area contributed by atoms with Crippen LogP contribution in [-0.4, -0.2) is 12.5 Å². The molecule has 1 unspecified atom stereocenters. The van der Waals surface area contributed by atoms with Crippen LogP contribution in [0.4, 0.5) is 0 Å². The molecule has 0 aromatic heterocycles. The third kappa shape index (κ3) is 2.70. The van der Waals surface area contributed by atoms with Gasteiger partial charge in [0.1, 0.15) is 5.75 Å².